The molecule has 1 atom stereocenters. The van der Waals surface area contributed by atoms with E-state index in [-0.39, 0.29) is 29.0 Å². The van der Waals surface area contributed by atoms with Crippen molar-refractivity contribution in [3.63, 3.8) is 0 Å². The van der Waals surface area contributed by atoms with Gasteiger partial charge in [0.2, 0.25) is 0 Å². The molecule has 0 fully saturated rings. The van der Waals surface area contributed by atoms with E-state index in [0.29, 0.717) is 6.42 Å². The Morgan fingerprint density at radius 3 is 2.65 bits per heavy atom. The van der Waals surface area contributed by atoms with E-state index in [1.165, 1.54) is 18.2 Å². The van der Waals surface area contributed by atoms with E-state index in [1.807, 2.05) is 6.92 Å². The Bertz CT molecular complexity index is 590. The number of halogens is 1. The highest BCUT2D eigenvalue weighted by Gasteiger charge is 2.18. The van der Waals surface area contributed by atoms with Crippen LogP contribution < -0.4 is 5.32 Å². The van der Waals surface area contributed by atoms with Crippen LogP contribution in [0.25, 0.3) is 0 Å². The van der Waals surface area contributed by atoms with Crippen molar-refractivity contribution in [2.24, 2.45) is 0 Å². The smallest absolute Gasteiger partial charge is 0.293 e. The monoisotopic (exact) mass is 322 g/mol. The predicted octanol–water partition coefficient (Wildman–Crippen LogP) is 2.41. The normalized spacial score (nSPS) is 12.9. The van der Waals surface area contributed by atoms with E-state index in [2.05, 4.69) is 5.32 Å². The number of hydrogen-bond donors (Lipinski definition) is 1. The number of nitro benzene ring substituents is 1. The molecule has 0 spiro atoms. The first-order chi connectivity index (χ1) is 9.23. The molecule has 0 amide bonds. The van der Waals surface area contributed by atoms with Gasteiger partial charge in [-0.2, -0.15) is 8.42 Å². The number of hydrogen-bond acceptors (Lipinski definition) is 6. The van der Waals surface area contributed by atoms with Gasteiger partial charge in [-0.25, -0.2) is 0 Å². The fourth-order valence-electron chi connectivity index (χ4n) is 1.47. The Balaban J connectivity index is 2.87. The summed E-state index contributed by atoms with van der Waals surface area (Å²) in [5, 5.41) is 14.1. The molecule has 0 aliphatic carbocycles. The Morgan fingerprint density at radius 1 is 1.50 bits per heavy atom. The van der Waals surface area contributed by atoms with Gasteiger partial charge in [-0.15, -0.1) is 0 Å². The lowest BCUT2D eigenvalue weighted by molar-refractivity contribution is -0.384. The molecule has 1 aromatic carbocycles. The number of nitro groups is 1. The highest BCUT2D eigenvalue weighted by molar-refractivity contribution is 7.85. The Hall–Kier alpha value is -1.38. The Morgan fingerprint density at radius 2 is 2.15 bits per heavy atom. The third kappa shape index (κ3) is 5.32. The lowest BCUT2D eigenvalue weighted by atomic mass is 10.2. The summed E-state index contributed by atoms with van der Waals surface area (Å²) >= 11 is 5.72. The first-order valence-electron chi connectivity index (χ1n) is 5.77. The molecule has 0 heterocycles. The van der Waals surface area contributed by atoms with Crippen LogP contribution in [0.1, 0.15) is 13.3 Å². The minimum atomic E-state index is -3.55. The maximum absolute atomic E-state index is 10.9. The molecule has 20 heavy (non-hydrogen) atoms. The predicted molar refractivity (Wildman–Crippen MR) is 76.6 cm³/mol. The largest absolute Gasteiger partial charge is 0.374 e. The van der Waals surface area contributed by atoms with Gasteiger partial charge in [0.25, 0.3) is 15.8 Å². The third-order valence-corrected chi connectivity index (χ3v) is 3.29. The summed E-state index contributed by atoms with van der Waals surface area (Å²) in [6.45, 7) is 1.71. The van der Waals surface area contributed by atoms with Gasteiger partial charge in [0.05, 0.1) is 23.8 Å². The molecule has 0 aromatic heterocycles. The van der Waals surface area contributed by atoms with Gasteiger partial charge in [0.15, 0.2) is 0 Å². The van der Waals surface area contributed by atoms with E-state index >= 15 is 0 Å². The molecule has 0 bridgehead atoms. The van der Waals surface area contributed by atoms with Crippen LogP contribution in [0.5, 0.6) is 0 Å². The Labute approximate surface area is 122 Å². The summed E-state index contributed by atoms with van der Waals surface area (Å²) < 4.78 is 26.6. The SMILES string of the molecule is CCC(COS(C)(=O)=O)Nc1ccc(Cl)cc1[N+](=O)[O-]. The second kappa shape index (κ2) is 6.87. The number of anilines is 1. The van der Waals surface area contributed by atoms with E-state index in [0.717, 1.165) is 6.26 Å². The fraction of sp³-hybridized carbons (Fsp3) is 0.455. The summed E-state index contributed by atoms with van der Waals surface area (Å²) in [5.41, 5.74) is 0.0960. The molecule has 0 saturated carbocycles. The van der Waals surface area contributed by atoms with Crippen molar-refractivity contribution in [1.29, 1.82) is 0 Å². The number of rotatable bonds is 7. The maximum Gasteiger partial charge on any atom is 0.293 e. The van der Waals surface area contributed by atoms with Gasteiger partial charge >= 0.3 is 0 Å². The quantitative estimate of drug-likeness (QED) is 0.470. The molecule has 1 unspecified atom stereocenters. The van der Waals surface area contributed by atoms with E-state index < -0.39 is 15.0 Å². The molecule has 1 rings (SSSR count). The molecule has 1 N–H and O–H groups in total. The molecule has 7 nitrogen and oxygen atoms in total. The van der Waals surface area contributed by atoms with Crippen molar-refractivity contribution in [2.75, 3.05) is 18.2 Å². The second-order valence-electron chi connectivity index (χ2n) is 4.16. The minimum Gasteiger partial charge on any atom is -0.374 e. The second-order valence-corrected chi connectivity index (χ2v) is 6.24. The van der Waals surface area contributed by atoms with Gasteiger partial charge in [-0.1, -0.05) is 18.5 Å². The van der Waals surface area contributed by atoms with Gasteiger partial charge in [0, 0.05) is 11.1 Å². The standard InChI is InChI=1S/C11H15ClN2O5S/c1-3-9(7-19-20(2,17)18)13-10-5-4-8(12)6-11(10)14(15)16/h4-6,9,13H,3,7H2,1-2H3. The lowest BCUT2D eigenvalue weighted by Crippen LogP contribution is -2.26. The molecule has 0 aliphatic heterocycles. The highest BCUT2D eigenvalue weighted by Crippen LogP contribution is 2.28. The van der Waals surface area contributed by atoms with Crippen LogP contribution in [-0.4, -0.2) is 32.2 Å². The summed E-state index contributed by atoms with van der Waals surface area (Å²) in [7, 11) is -3.55. The van der Waals surface area contributed by atoms with Crippen LogP contribution in [0.4, 0.5) is 11.4 Å². The van der Waals surface area contributed by atoms with Gasteiger partial charge in [-0.05, 0) is 18.6 Å². The average molecular weight is 323 g/mol. The summed E-state index contributed by atoms with van der Waals surface area (Å²) in [6.07, 6.45) is 1.49. The first-order valence-corrected chi connectivity index (χ1v) is 7.97. The zero-order valence-electron chi connectivity index (χ0n) is 11.0. The van der Waals surface area contributed by atoms with Gasteiger partial charge < -0.3 is 5.32 Å². The molecular weight excluding hydrogens is 308 g/mol. The van der Waals surface area contributed by atoms with Crippen molar-refractivity contribution in [3.05, 3.63) is 33.3 Å². The molecule has 0 saturated heterocycles. The first kappa shape index (κ1) is 16.7. The van der Waals surface area contributed by atoms with Crippen molar-refractivity contribution in [3.8, 4) is 0 Å². The van der Waals surface area contributed by atoms with Crippen LogP contribution >= 0.6 is 11.6 Å². The summed E-state index contributed by atoms with van der Waals surface area (Å²) in [6, 6.07) is 3.85. The molecule has 9 heteroatoms. The molecule has 112 valence electrons. The third-order valence-electron chi connectivity index (χ3n) is 2.49. The van der Waals surface area contributed by atoms with Crippen molar-refractivity contribution in [1.82, 2.24) is 0 Å². The van der Waals surface area contributed by atoms with Gasteiger partial charge in [0.1, 0.15) is 5.69 Å². The van der Waals surface area contributed by atoms with Crippen molar-refractivity contribution in [2.45, 2.75) is 19.4 Å². The van der Waals surface area contributed by atoms with Crippen molar-refractivity contribution < 1.29 is 17.5 Å². The average Bonchev–Trinajstić information content (AvgIpc) is 2.34. The Kier molecular flexibility index (Phi) is 5.73. The highest BCUT2D eigenvalue weighted by atomic mass is 35.5. The molecule has 0 aliphatic rings. The van der Waals surface area contributed by atoms with E-state index in [4.69, 9.17) is 15.8 Å². The van der Waals surface area contributed by atoms with Crippen LogP contribution in [0.2, 0.25) is 5.02 Å². The number of benzene rings is 1. The van der Waals surface area contributed by atoms with E-state index in [1.54, 1.807) is 0 Å². The topological polar surface area (TPSA) is 98.5 Å². The number of nitrogens with zero attached hydrogens (tertiary/aromatic N) is 1. The van der Waals surface area contributed by atoms with Crippen LogP contribution in [0.3, 0.4) is 0 Å². The summed E-state index contributed by atoms with van der Waals surface area (Å²) in [5.74, 6) is 0. The lowest BCUT2D eigenvalue weighted by Gasteiger charge is -2.17. The fourth-order valence-corrected chi connectivity index (χ4v) is 2.04. The van der Waals surface area contributed by atoms with Crippen LogP contribution in [0.15, 0.2) is 18.2 Å². The van der Waals surface area contributed by atoms with E-state index in [9.17, 15) is 18.5 Å². The van der Waals surface area contributed by atoms with Gasteiger partial charge in [-0.3, -0.25) is 14.3 Å². The molecule has 0 radical (unpaired) electrons. The minimum absolute atomic E-state index is 0.102. The molecular formula is C11H15ClN2O5S. The maximum atomic E-state index is 10.9. The number of nitrogens with one attached hydrogen (secondary N) is 1. The molecule has 1 aromatic rings. The van der Waals surface area contributed by atoms with Crippen LogP contribution in [0, 0.1) is 10.1 Å². The zero-order chi connectivity index (χ0) is 15.3. The van der Waals surface area contributed by atoms with Crippen LogP contribution in [-0.2, 0) is 14.3 Å². The zero-order valence-corrected chi connectivity index (χ0v) is 12.6. The summed E-state index contributed by atoms with van der Waals surface area (Å²) in [4.78, 5) is 10.4. The van der Waals surface area contributed by atoms with Crippen molar-refractivity contribution >= 4 is 33.1 Å².